The molecule has 2 heterocycles. The first kappa shape index (κ1) is 14.2. The van der Waals surface area contributed by atoms with Crippen molar-refractivity contribution >= 4 is 5.91 Å². The molecular weight excluding hydrogens is 266 g/mol. The van der Waals surface area contributed by atoms with Crippen LogP contribution in [0.4, 0.5) is 0 Å². The third-order valence-corrected chi connectivity index (χ3v) is 4.29. The molecule has 1 amide bonds. The van der Waals surface area contributed by atoms with E-state index >= 15 is 0 Å². The summed E-state index contributed by atoms with van der Waals surface area (Å²) in [7, 11) is 0. The number of benzene rings is 1. The number of carbonyl (C=O) groups excluding carboxylic acids is 1. The molecule has 4 nitrogen and oxygen atoms in total. The molecule has 0 bridgehead atoms. The number of hydrogen-bond acceptors (Lipinski definition) is 3. The van der Waals surface area contributed by atoms with Crippen molar-refractivity contribution in [1.29, 1.82) is 0 Å². The maximum Gasteiger partial charge on any atom is 0.231 e. The second-order valence-corrected chi connectivity index (χ2v) is 6.43. The lowest BCUT2D eigenvalue weighted by molar-refractivity contribution is -0.133. The lowest BCUT2D eigenvalue weighted by Gasteiger charge is -2.35. The zero-order valence-corrected chi connectivity index (χ0v) is 12.8. The van der Waals surface area contributed by atoms with Gasteiger partial charge in [-0.05, 0) is 42.4 Å². The minimum Gasteiger partial charge on any atom is -0.454 e. The molecule has 0 saturated carbocycles. The second kappa shape index (κ2) is 5.96. The summed E-state index contributed by atoms with van der Waals surface area (Å²) in [5.74, 6) is 3.08. The fraction of sp³-hybridized carbons (Fsp3) is 0.588. The van der Waals surface area contributed by atoms with Crippen LogP contribution in [0, 0.1) is 11.8 Å². The Hall–Kier alpha value is -1.71. The molecule has 1 aromatic rings. The number of likely N-dealkylation sites (tertiary alicyclic amines) is 1. The summed E-state index contributed by atoms with van der Waals surface area (Å²) in [4.78, 5) is 14.4. The predicted molar refractivity (Wildman–Crippen MR) is 80.4 cm³/mol. The van der Waals surface area contributed by atoms with E-state index in [1.165, 1.54) is 6.42 Å². The fourth-order valence-electron chi connectivity index (χ4n) is 3.37. The molecule has 1 saturated heterocycles. The van der Waals surface area contributed by atoms with Gasteiger partial charge < -0.3 is 14.4 Å². The maximum absolute atomic E-state index is 12.4. The van der Waals surface area contributed by atoms with E-state index in [9.17, 15) is 4.79 Å². The highest BCUT2D eigenvalue weighted by molar-refractivity contribution is 5.76. The van der Waals surface area contributed by atoms with Crippen LogP contribution in [-0.4, -0.2) is 30.7 Å². The minimum absolute atomic E-state index is 0.270. The zero-order valence-electron chi connectivity index (χ0n) is 12.8. The predicted octanol–water partition coefficient (Wildman–Crippen LogP) is 2.85. The molecule has 0 N–H and O–H groups in total. The standard InChI is InChI=1S/C17H23NO3/c1-12-7-13(2)10-18(9-12)17(19)6-4-14-3-5-15-16(8-14)21-11-20-15/h3,5,8,12-13H,4,6-7,9-11H2,1-2H3. The number of rotatable bonds is 3. The first-order chi connectivity index (χ1) is 10.1. The summed E-state index contributed by atoms with van der Waals surface area (Å²) in [5.41, 5.74) is 1.13. The topological polar surface area (TPSA) is 38.8 Å². The zero-order chi connectivity index (χ0) is 14.8. The van der Waals surface area contributed by atoms with Gasteiger partial charge in [0.25, 0.3) is 0 Å². The molecule has 2 aliphatic rings. The van der Waals surface area contributed by atoms with Crippen LogP contribution in [-0.2, 0) is 11.2 Å². The fourth-order valence-corrected chi connectivity index (χ4v) is 3.37. The lowest BCUT2D eigenvalue weighted by Crippen LogP contribution is -2.42. The van der Waals surface area contributed by atoms with Crippen LogP contribution in [0.15, 0.2) is 18.2 Å². The molecule has 3 rings (SSSR count). The van der Waals surface area contributed by atoms with Crippen LogP contribution >= 0.6 is 0 Å². The van der Waals surface area contributed by atoms with Gasteiger partial charge in [0.05, 0.1) is 0 Å². The van der Waals surface area contributed by atoms with Crippen LogP contribution in [0.5, 0.6) is 11.5 Å². The Labute approximate surface area is 126 Å². The molecule has 2 atom stereocenters. The molecule has 1 fully saturated rings. The largest absolute Gasteiger partial charge is 0.454 e. The highest BCUT2D eigenvalue weighted by Crippen LogP contribution is 2.32. The van der Waals surface area contributed by atoms with Gasteiger partial charge in [-0.3, -0.25) is 4.79 Å². The molecule has 0 aliphatic carbocycles. The first-order valence-electron chi connectivity index (χ1n) is 7.78. The van der Waals surface area contributed by atoms with Crippen molar-refractivity contribution in [2.75, 3.05) is 19.9 Å². The molecular formula is C17H23NO3. The SMILES string of the molecule is CC1CC(C)CN(C(=O)CCc2ccc3c(c2)OCO3)C1. The lowest BCUT2D eigenvalue weighted by atomic mass is 9.91. The Bertz CT molecular complexity index is 519. The molecule has 0 spiro atoms. The molecule has 21 heavy (non-hydrogen) atoms. The van der Waals surface area contributed by atoms with Gasteiger partial charge in [-0.15, -0.1) is 0 Å². The van der Waals surface area contributed by atoms with Crippen LogP contribution in [0.3, 0.4) is 0 Å². The number of piperidine rings is 1. The van der Waals surface area contributed by atoms with Crippen molar-refractivity contribution in [3.63, 3.8) is 0 Å². The second-order valence-electron chi connectivity index (χ2n) is 6.43. The van der Waals surface area contributed by atoms with Crippen molar-refractivity contribution in [2.24, 2.45) is 11.8 Å². The Balaban J connectivity index is 1.56. The van der Waals surface area contributed by atoms with E-state index < -0.39 is 0 Å². The van der Waals surface area contributed by atoms with Crippen molar-refractivity contribution < 1.29 is 14.3 Å². The van der Waals surface area contributed by atoms with E-state index in [0.29, 0.717) is 25.0 Å². The quantitative estimate of drug-likeness (QED) is 0.859. The molecule has 0 aromatic heterocycles. The summed E-state index contributed by atoms with van der Waals surface area (Å²) in [6.07, 6.45) is 2.56. The summed E-state index contributed by atoms with van der Waals surface area (Å²) in [6.45, 7) is 6.57. The minimum atomic E-state index is 0.270. The van der Waals surface area contributed by atoms with Gasteiger partial charge in [0.1, 0.15) is 0 Å². The molecule has 0 radical (unpaired) electrons. The monoisotopic (exact) mass is 289 g/mol. The first-order valence-corrected chi connectivity index (χ1v) is 7.78. The van der Waals surface area contributed by atoms with E-state index in [1.807, 2.05) is 23.1 Å². The summed E-state index contributed by atoms with van der Waals surface area (Å²) >= 11 is 0. The summed E-state index contributed by atoms with van der Waals surface area (Å²) < 4.78 is 10.7. The molecule has 2 aliphatic heterocycles. The number of hydrogen-bond donors (Lipinski definition) is 0. The Morgan fingerprint density at radius 2 is 1.90 bits per heavy atom. The molecule has 4 heteroatoms. The Kier molecular flexibility index (Phi) is 4.04. The third kappa shape index (κ3) is 3.31. The molecule has 1 aromatic carbocycles. The van der Waals surface area contributed by atoms with Crippen molar-refractivity contribution in [2.45, 2.75) is 33.1 Å². The molecule has 114 valence electrons. The van der Waals surface area contributed by atoms with E-state index in [4.69, 9.17) is 9.47 Å². The number of ether oxygens (including phenoxy) is 2. The van der Waals surface area contributed by atoms with Crippen LogP contribution < -0.4 is 9.47 Å². The Morgan fingerprint density at radius 1 is 1.19 bits per heavy atom. The Morgan fingerprint density at radius 3 is 2.67 bits per heavy atom. The number of aryl methyl sites for hydroxylation is 1. The highest BCUT2D eigenvalue weighted by Gasteiger charge is 2.25. The van der Waals surface area contributed by atoms with Gasteiger partial charge in [0.2, 0.25) is 12.7 Å². The van der Waals surface area contributed by atoms with Gasteiger partial charge in [0, 0.05) is 19.5 Å². The van der Waals surface area contributed by atoms with Gasteiger partial charge in [-0.1, -0.05) is 19.9 Å². The maximum atomic E-state index is 12.4. The highest BCUT2D eigenvalue weighted by atomic mass is 16.7. The van der Waals surface area contributed by atoms with Gasteiger partial charge in [-0.2, -0.15) is 0 Å². The smallest absolute Gasteiger partial charge is 0.231 e. The number of carbonyl (C=O) groups is 1. The summed E-state index contributed by atoms with van der Waals surface area (Å²) in [5, 5.41) is 0. The van der Waals surface area contributed by atoms with Crippen LogP contribution in [0.25, 0.3) is 0 Å². The van der Waals surface area contributed by atoms with Crippen molar-refractivity contribution in [3.05, 3.63) is 23.8 Å². The van der Waals surface area contributed by atoms with Crippen molar-refractivity contribution in [3.8, 4) is 11.5 Å². The number of fused-ring (bicyclic) bond motifs is 1. The van der Waals surface area contributed by atoms with Crippen molar-refractivity contribution in [1.82, 2.24) is 4.90 Å². The van der Waals surface area contributed by atoms with E-state index in [2.05, 4.69) is 13.8 Å². The number of amides is 1. The average molecular weight is 289 g/mol. The van der Waals surface area contributed by atoms with E-state index in [-0.39, 0.29) is 5.91 Å². The van der Waals surface area contributed by atoms with Crippen LogP contribution in [0.2, 0.25) is 0 Å². The third-order valence-electron chi connectivity index (χ3n) is 4.29. The summed E-state index contributed by atoms with van der Waals surface area (Å²) in [6, 6.07) is 5.92. The normalized spacial score (nSPS) is 24.2. The van der Waals surface area contributed by atoms with Gasteiger partial charge >= 0.3 is 0 Å². The van der Waals surface area contributed by atoms with E-state index in [1.54, 1.807) is 0 Å². The molecule has 2 unspecified atom stereocenters. The van der Waals surface area contributed by atoms with Crippen LogP contribution in [0.1, 0.15) is 32.3 Å². The number of nitrogens with zero attached hydrogens (tertiary/aromatic N) is 1. The van der Waals surface area contributed by atoms with E-state index in [0.717, 1.165) is 36.6 Å². The average Bonchev–Trinajstić information content (AvgIpc) is 2.91. The van der Waals surface area contributed by atoms with Gasteiger partial charge in [0.15, 0.2) is 11.5 Å². The van der Waals surface area contributed by atoms with Gasteiger partial charge in [-0.25, -0.2) is 0 Å².